The lowest BCUT2D eigenvalue weighted by Crippen LogP contribution is -2.45. The Labute approximate surface area is 254 Å². The van der Waals surface area contributed by atoms with Crippen molar-refractivity contribution in [3.63, 3.8) is 0 Å². The van der Waals surface area contributed by atoms with Gasteiger partial charge < -0.3 is 19.9 Å². The number of hydrogen-bond acceptors (Lipinski definition) is 6. The zero-order valence-electron chi connectivity index (χ0n) is 23.3. The van der Waals surface area contributed by atoms with Crippen LogP contribution in [0.3, 0.4) is 0 Å². The minimum atomic E-state index is -4.84. The summed E-state index contributed by atoms with van der Waals surface area (Å²) in [6.07, 6.45) is -1.84. The Kier molecular flexibility index (Phi) is 8.67. The lowest BCUT2D eigenvalue weighted by atomic mass is 9.98. The zero-order chi connectivity index (χ0) is 31.4. The molecule has 2 amide bonds. The molecule has 0 aliphatic heterocycles. The third-order valence-corrected chi connectivity index (χ3v) is 7.04. The van der Waals surface area contributed by atoms with Crippen molar-refractivity contribution in [2.24, 2.45) is 14.1 Å². The molecule has 0 saturated carbocycles. The number of halogens is 4. The molecule has 1 unspecified atom stereocenters. The fourth-order valence-electron chi connectivity index (χ4n) is 4.52. The Morgan fingerprint density at radius 3 is 2.36 bits per heavy atom. The van der Waals surface area contributed by atoms with Crippen molar-refractivity contribution in [1.29, 1.82) is 0 Å². The topological polar surface area (TPSA) is 116 Å². The third-order valence-electron chi connectivity index (χ3n) is 6.67. The van der Waals surface area contributed by atoms with Crippen LogP contribution in [0, 0.1) is 0 Å². The van der Waals surface area contributed by atoms with Crippen molar-refractivity contribution in [2.75, 3.05) is 5.32 Å². The highest BCUT2D eigenvalue weighted by atomic mass is 35.5. The van der Waals surface area contributed by atoms with E-state index in [9.17, 15) is 22.8 Å². The molecule has 1 atom stereocenters. The second-order valence-electron chi connectivity index (χ2n) is 9.78. The number of ether oxygens (including phenoxy) is 1. The van der Waals surface area contributed by atoms with Crippen LogP contribution in [0.25, 0.3) is 22.5 Å². The second kappa shape index (κ2) is 12.6. The van der Waals surface area contributed by atoms with E-state index in [4.69, 9.17) is 11.6 Å². The molecule has 5 aromatic rings. The molecule has 2 aromatic heterocycles. The van der Waals surface area contributed by atoms with Gasteiger partial charge in [0.15, 0.2) is 5.82 Å². The van der Waals surface area contributed by atoms with Gasteiger partial charge in [-0.1, -0.05) is 29.8 Å². The van der Waals surface area contributed by atoms with E-state index >= 15 is 0 Å². The maximum atomic E-state index is 13.6. The summed E-state index contributed by atoms with van der Waals surface area (Å²) in [5.74, 6) is -0.785. The number of anilines is 1. The number of aromatic nitrogens is 5. The smallest absolute Gasteiger partial charge is 0.406 e. The predicted octanol–water partition coefficient (Wildman–Crippen LogP) is 5.41. The van der Waals surface area contributed by atoms with Gasteiger partial charge in [-0.25, -0.2) is 0 Å². The molecule has 0 bridgehead atoms. The van der Waals surface area contributed by atoms with Gasteiger partial charge in [0.1, 0.15) is 23.8 Å². The molecule has 0 saturated heterocycles. The molecule has 226 valence electrons. The second-order valence-corrected chi connectivity index (χ2v) is 10.2. The summed E-state index contributed by atoms with van der Waals surface area (Å²) in [6.45, 7) is 0. The number of aryl methyl sites for hydroxylation is 2. The SMILES string of the molecule is Cn1cnnc1-c1ccc(NC(=O)C(Cc2cc(-c3cccc(OC(F)(F)F)c3)ccc2Cl)NC(=O)c2ccnn2C)cc1. The number of carbonyl (C=O) groups is 2. The van der Waals surface area contributed by atoms with Gasteiger partial charge in [-0.15, -0.1) is 23.4 Å². The molecule has 0 aliphatic carbocycles. The molecule has 0 fully saturated rings. The van der Waals surface area contributed by atoms with E-state index in [-0.39, 0.29) is 17.9 Å². The predicted molar refractivity (Wildman–Crippen MR) is 157 cm³/mol. The van der Waals surface area contributed by atoms with E-state index in [0.29, 0.717) is 33.2 Å². The van der Waals surface area contributed by atoms with Crippen molar-refractivity contribution < 1.29 is 27.5 Å². The molecule has 0 spiro atoms. The maximum Gasteiger partial charge on any atom is 0.573 e. The minimum absolute atomic E-state index is 0.0299. The number of nitrogens with one attached hydrogen (secondary N) is 2. The fourth-order valence-corrected chi connectivity index (χ4v) is 4.71. The molecule has 5 rings (SSSR count). The summed E-state index contributed by atoms with van der Waals surface area (Å²) in [5, 5.41) is 17.8. The Bertz CT molecular complexity index is 1800. The van der Waals surface area contributed by atoms with Crippen LogP contribution in [0.4, 0.5) is 18.9 Å². The summed E-state index contributed by atoms with van der Waals surface area (Å²) in [5.41, 5.74) is 2.95. The molecule has 2 N–H and O–H groups in total. The van der Waals surface area contributed by atoms with E-state index in [2.05, 4.69) is 30.7 Å². The van der Waals surface area contributed by atoms with E-state index < -0.39 is 24.2 Å². The molecule has 10 nitrogen and oxygen atoms in total. The highest BCUT2D eigenvalue weighted by Gasteiger charge is 2.31. The highest BCUT2D eigenvalue weighted by molar-refractivity contribution is 6.31. The minimum Gasteiger partial charge on any atom is -0.406 e. The van der Waals surface area contributed by atoms with Gasteiger partial charge in [0.2, 0.25) is 5.91 Å². The van der Waals surface area contributed by atoms with E-state index in [1.165, 1.54) is 35.1 Å². The van der Waals surface area contributed by atoms with Crippen LogP contribution in [-0.2, 0) is 25.3 Å². The van der Waals surface area contributed by atoms with Crippen LogP contribution in [0.15, 0.2) is 85.3 Å². The number of hydrogen-bond donors (Lipinski definition) is 2. The molecular weight excluding hydrogens is 599 g/mol. The maximum absolute atomic E-state index is 13.6. The van der Waals surface area contributed by atoms with Crippen LogP contribution < -0.4 is 15.4 Å². The molecule has 3 aromatic carbocycles. The first-order valence-electron chi connectivity index (χ1n) is 13.2. The van der Waals surface area contributed by atoms with Crippen LogP contribution in [0.2, 0.25) is 5.02 Å². The summed E-state index contributed by atoms with van der Waals surface area (Å²) in [7, 11) is 3.41. The monoisotopic (exact) mass is 623 g/mol. The van der Waals surface area contributed by atoms with Crippen molar-refractivity contribution in [3.8, 4) is 28.3 Å². The van der Waals surface area contributed by atoms with Gasteiger partial charge in [-0.2, -0.15) is 5.10 Å². The van der Waals surface area contributed by atoms with Crippen molar-refractivity contribution >= 4 is 29.1 Å². The number of rotatable bonds is 9. The lowest BCUT2D eigenvalue weighted by molar-refractivity contribution is -0.274. The highest BCUT2D eigenvalue weighted by Crippen LogP contribution is 2.31. The summed E-state index contributed by atoms with van der Waals surface area (Å²) >= 11 is 6.51. The van der Waals surface area contributed by atoms with Crippen LogP contribution >= 0.6 is 11.6 Å². The Hall–Kier alpha value is -5.17. The Balaban J connectivity index is 1.41. The van der Waals surface area contributed by atoms with Crippen LogP contribution in [0.5, 0.6) is 5.75 Å². The Morgan fingerprint density at radius 1 is 0.977 bits per heavy atom. The molecule has 0 aliphatic rings. The van der Waals surface area contributed by atoms with Crippen LogP contribution in [-0.4, -0.2) is 48.8 Å². The van der Waals surface area contributed by atoms with Gasteiger partial charge in [0.25, 0.3) is 5.91 Å². The molecule has 14 heteroatoms. The average molecular weight is 624 g/mol. The average Bonchev–Trinajstić information content (AvgIpc) is 3.61. The van der Waals surface area contributed by atoms with Gasteiger partial charge in [-0.05, 0) is 71.3 Å². The van der Waals surface area contributed by atoms with E-state index in [0.717, 1.165) is 5.56 Å². The third kappa shape index (κ3) is 7.24. The number of carbonyl (C=O) groups excluding carboxylic acids is 2. The molecule has 0 radical (unpaired) electrons. The van der Waals surface area contributed by atoms with Crippen molar-refractivity contribution in [1.82, 2.24) is 29.9 Å². The quantitative estimate of drug-likeness (QED) is 0.227. The Morgan fingerprint density at radius 2 is 1.70 bits per heavy atom. The van der Waals surface area contributed by atoms with E-state index in [1.807, 2.05) is 7.05 Å². The first kappa shape index (κ1) is 30.3. The largest absolute Gasteiger partial charge is 0.573 e. The standard InChI is InChI=1S/C30H25ClF3N7O3/c1-40-17-35-39-27(40)18-6-9-22(10-7-18)37-28(42)25(38-29(43)26-12-13-36-41(26)2)16-21-14-20(8-11-24(21)31)19-4-3-5-23(15-19)44-30(32,33)34/h3-15,17,25H,16H2,1-2H3,(H,37,42)(H,38,43). The number of amides is 2. The molecular formula is C30H25ClF3N7O3. The normalized spacial score (nSPS) is 12.0. The summed E-state index contributed by atoms with van der Waals surface area (Å²) < 4.78 is 45.5. The van der Waals surface area contributed by atoms with Crippen LogP contribution in [0.1, 0.15) is 16.1 Å². The number of alkyl halides is 3. The van der Waals surface area contributed by atoms with Gasteiger partial charge >= 0.3 is 6.36 Å². The zero-order valence-corrected chi connectivity index (χ0v) is 24.1. The number of nitrogens with zero attached hydrogens (tertiary/aromatic N) is 5. The van der Waals surface area contributed by atoms with E-state index in [1.54, 1.807) is 66.5 Å². The fraction of sp³-hybridized carbons (Fsp3) is 0.167. The van der Waals surface area contributed by atoms with Crippen molar-refractivity contribution in [2.45, 2.75) is 18.8 Å². The lowest BCUT2D eigenvalue weighted by Gasteiger charge is -2.20. The van der Waals surface area contributed by atoms with Crippen molar-refractivity contribution in [3.05, 3.63) is 102 Å². The van der Waals surface area contributed by atoms with Gasteiger partial charge in [0, 0.05) is 43.0 Å². The first-order chi connectivity index (χ1) is 21.0. The summed E-state index contributed by atoms with van der Waals surface area (Å²) in [4.78, 5) is 26.7. The first-order valence-corrected chi connectivity index (χ1v) is 13.5. The molecule has 44 heavy (non-hydrogen) atoms. The van der Waals surface area contributed by atoms with Gasteiger partial charge in [0.05, 0.1) is 0 Å². The summed E-state index contributed by atoms with van der Waals surface area (Å²) in [6, 6.07) is 17.7. The van der Waals surface area contributed by atoms with Gasteiger partial charge in [-0.3, -0.25) is 14.3 Å². The molecule has 2 heterocycles. The number of benzene rings is 3.